The smallest absolute Gasteiger partial charge is 0.307 e. The second-order valence-corrected chi connectivity index (χ2v) is 3.88. The van der Waals surface area contributed by atoms with E-state index in [0.29, 0.717) is 19.8 Å². The van der Waals surface area contributed by atoms with Gasteiger partial charge in [0.1, 0.15) is 0 Å². The first-order chi connectivity index (χ1) is 7.61. The first kappa shape index (κ1) is 15.3. The van der Waals surface area contributed by atoms with Gasteiger partial charge in [-0.15, -0.1) is 0 Å². The maximum Gasteiger partial charge on any atom is 0.307 e. The van der Waals surface area contributed by atoms with Crippen molar-refractivity contribution >= 4 is 5.97 Å². The van der Waals surface area contributed by atoms with Gasteiger partial charge in [-0.3, -0.25) is 4.79 Å². The van der Waals surface area contributed by atoms with Gasteiger partial charge in [-0.1, -0.05) is 6.92 Å². The number of nitrogens with zero attached hydrogens (tertiary/aromatic N) is 1. The summed E-state index contributed by atoms with van der Waals surface area (Å²) in [4.78, 5) is 12.9. The molecule has 0 bridgehead atoms. The predicted molar refractivity (Wildman–Crippen MR) is 61.6 cm³/mol. The monoisotopic (exact) mass is 233 g/mol. The summed E-state index contributed by atoms with van der Waals surface area (Å²) in [5, 5.41) is 8.85. The summed E-state index contributed by atoms with van der Waals surface area (Å²) >= 11 is 0. The van der Waals surface area contributed by atoms with Gasteiger partial charge in [0.25, 0.3) is 0 Å². The zero-order valence-corrected chi connectivity index (χ0v) is 10.4. The van der Waals surface area contributed by atoms with E-state index in [2.05, 4.69) is 4.90 Å². The Kier molecular flexibility index (Phi) is 9.18. The molecule has 1 N–H and O–H groups in total. The minimum absolute atomic E-state index is 0.348. The molecule has 0 aliphatic carbocycles. The van der Waals surface area contributed by atoms with Crippen LogP contribution in [0.15, 0.2) is 0 Å². The third-order valence-corrected chi connectivity index (χ3v) is 2.39. The molecule has 16 heavy (non-hydrogen) atoms. The number of methoxy groups -OCH3 is 2. The van der Waals surface area contributed by atoms with Crippen molar-refractivity contribution in [1.29, 1.82) is 0 Å². The van der Waals surface area contributed by atoms with E-state index >= 15 is 0 Å². The number of rotatable bonds is 10. The van der Waals surface area contributed by atoms with E-state index in [1.807, 2.05) is 0 Å². The number of carboxylic acids is 1. The van der Waals surface area contributed by atoms with Crippen LogP contribution in [0, 0.1) is 5.92 Å². The zero-order chi connectivity index (χ0) is 12.4. The molecule has 0 aromatic rings. The molecule has 5 nitrogen and oxygen atoms in total. The van der Waals surface area contributed by atoms with Gasteiger partial charge < -0.3 is 19.5 Å². The van der Waals surface area contributed by atoms with Crippen LogP contribution < -0.4 is 0 Å². The van der Waals surface area contributed by atoms with Crippen LogP contribution in [0.3, 0.4) is 0 Å². The second-order valence-electron chi connectivity index (χ2n) is 3.88. The number of hydrogen-bond donors (Lipinski definition) is 1. The number of carbonyl (C=O) groups is 1. The van der Waals surface area contributed by atoms with Crippen LogP contribution in [-0.4, -0.2) is 63.0 Å². The summed E-state index contributed by atoms with van der Waals surface area (Å²) in [6, 6.07) is 0. The maximum absolute atomic E-state index is 10.8. The van der Waals surface area contributed by atoms with E-state index in [1.54, 1.807) is 21.1 Å². The molecule has 0 aromatic heterocycles. The van der Waals surface area contributed by atoms with Crippen molar-refractivity contribution < 1.29 is 19.4 Å². The van der Waals surface area contributed by atoms with Crippen LogP contribution >= 0.6 is 0 Å². The van der Waals surface area contributed by atoms with Gasteiger partial charge in [0, 0.05) is 40.5 Å². The Balaban J connectivity index is 3.93. The van der Waals surface area contributed by atoms with Crippen molar-refractivity contribution in [3.63, 3.8) is 0 Å². The van der Waals surface area contributed by atoms with Gasteiger partial charge in [0.2, 0.25) is 0 Å². The van der Waals surface area contributed by atoms with Crippen molar-refractivity contribution in [2.24, 2.45) is 5.92 Å². The standard InChI is InChI=1S/C11H23NO4/c1-10(11(13)14)9-12(6-8-16-3)5-4-7-15-2/h10H,4-9H2,1-3H3,(H,13,14). The molecule has 5 heteroatoms. The highest BCUT2D eigenvalue weighted by Gasteiger charge is 2.15. The SMILES string of the molecule is COCCCN(CCOC)CC(C)C(=O)O. The molecular formula is C11H23NO4. The Morgan fingerprint density at radius 3 is 2.38 bits per heavy atom. The first-order valence-electron chi connectivity index (χ1n) is 5.54. The lowest BCUT2D eigenvalue weighted by molar-refractivity contribution is -0.141. The third-order valence-electron chi connectivity index (χ3n) is 2.39. The highest BCUT2D eigenvalue weighted by molar-refractivity contribution is 5.69. The highest BCUT2D eigenvalue weighted by atomic mass is 16.5. The van der Waals surface area contributed by atoms with Gasteiger partial charge in [-0.2, -0.15) is 0 Å². The van der Waals surface area contributed by atoms with Gasteiger partial charge in [0.05, 0.1) is 12.5 Å². The molecule has 0 aromatic carbocycles. The molecule has 0 radical (unpaired) electrons. The molecule has 0 fully saturated rings. The van der Waals surface area contributed by atoms with Crippen molar-refractivity contribution in [3.8, 4) is 0 Å². The summed E-state index contributed by atoms with van der Waals surface area (Å²) in [5.74, 6) is -1.10. The van der Waals surface area contributed by atoms with Crippen LogP contribution in [-0.2, 0) is 14.3 Å². The molecular weight excluding hydrogens is 210 g/mol. The summed E-state index contributed by atoms with van der Waals surface area (Å²) in [6.07, 6.45) is 0.909. The second kappa shape index (κ2) is 9.57. The van der Waals surface area contributed by atoms with Crippen molar-refractivity contribution in [2.75, 3.05) is 47.1 Å². The van der Waals surface area contributed by atoms with E-state index in [1.165, 1.54) is 0 Å². The molecule has 96 valence electrons. The van der Waals surface area contributed by atoms with Gasteiger partial charge in [-0.25, -0.2) is 0 Å². The fraction of sp³-hybridized carbons (Fsp3) is 0.909. The molecule has 0 amide bonds. The number of aliphatic carboxylic acids is 1. The van der Waals surface area contributed by atoms with E-state index in [4.69, 9.17) is 14.6 Å². The fourth-order valence-electron chi connectivity index (χ4n) is 1.41. The van der Waals surface area contributed by atoms with Gasteiger partial charge in [0.15, 0.2) is 0 Å². The Bertz CT molecular complexity index is 187. The lowest BCUT2D eigenvalue weighted by Gasteiger charge is -2.23. The fourth-order valence-corrected chi connectivity index (χ4v) is 1.41. The molecule has 1 unspecified atom stereocenters. The largest absolute Gasteiger partial charge is 0.481 e. The molecule has 0 spiro atoms. The Morgan fingerprint density at radius 1 is 1.25 bits per heavy atom. The van der Waals surface area contributed by atoms with Crippen LogP contribution in [0.25, 0.3) is 0 Å². The molecule has 0 saturated heterocycles. The van der Waals surface area contributed by atoms with E-state index in [-0.39, 0.29) is 5.92 Å². The summed E-state index contributed by atoms with van der Waals surface area (Å²) < 4.78 is 9.98. The minimum atomic E-state index is -0.755. The molecule has 0 aliphatic heterocycles. The van der Waals surface area contributed by atoms with Crippen LogP contribution in [0.1, 0.15) is 13.3 Å². The summed E-state index contributed by atoms with van der Waals surface area (Å²) in [5.41, 5.74) is 0. The maximum atomic E-state index is 10.8. The van der Waals surface area contributed by atoms with Crippen molar-refractivity contribution in [3.05, 3.63) is 0 Å². The quantitative estimate of drug-likeness (QED) is 0.563. The van der Waals surface area contributed by atoms with Crippen LogP contribution in [0.2, 0.25) is 0 Å². The normalized spacial score (nSPS) is 13.0. The van der Waals surface area contributed by atoms with E-state index in [9.17, 15) is 4.79 Å². The molecule has 0 saturated carbocycles. The Hall–Kier alpha value is -0.650. The minimum Gasteiger partial charge on any atom is -0.481 e. The zero-order valence-electron chi connectivity index (χ0n) is 10.4. The summed E-state index contributed by atoms with van der Waals surface area (Å²) in [6.45, 7) is 5.21. The average molecular weight is 233 g/mol. The lowest BCUT2D eigenvalue weighted by atomic mass is 10.1. The Labute approximate surface area is 97.3 Å². The van der Waals surface area contributed by atoms with Gasteiger partial charge >= 0.3 is 5.97 Å². The number of carboxylic acid groups (broad SMARTS) is 1. The van der Waals surface area contributed by atoms with Gasteiger partial charge in [-0.05, 0) is 6.42 Å². The Morgan fingerprint density at radius 2 is 1.88 bits per heavy atom. The molecule has 0 aliphatic rings. The number of ether oxygens (including phenoxy) is 2. The third kappa shape index (κ3) is 7.62. The highest BCUT2D eigenvalue weighted by Crippen LogP contribution is 2.01. The van der Waals surface area contributed by atoms with Crippen LogP contribution in [0.4, 0.5) is 0 Å². The summed E-state index contributed by atoms with van der Waals surface area (Å²) in [7, 11) is 3.31. The number of hydrogen-bond acceptors (Lipinski definition) is 4. The first-order valence-corrected chi connectivity index (χ1v) is 5.54. The molecule has 0 rings (SSSR count). The predicted octanol–water partition coefficient (Wildman–Crippen LogP) is 0.692. The van der Waals surface area contributed by atoms with Crippen molar-refractivity contribution in [2.45, 2.75) is 13.3 Å². The molecule has 1 atom stereocenters. The van der Waals surface area contributed by atoms with Crippen molar-refractivity contribution in [1.82, 2.24) is 4.90 Å². The van der Waals surface area contributed by atoms with E-state index < -0.39 is 5.97 Å². The van der Waals surface area contributed by atoms with Crippen LogP contribution in [0.5, 0.6) is 0 Å². The molecule has 0 heterocycles. The average Bonchev–Trinajstić information content (AvgIpc) is 2.25. The lowest BCUT2D eigenvalue weighted by Crippen LogP contribution is -2.35. The topological polar surface area (TPSA) is 59.0 Å². The van der Waals surface area contributed by atoms with E-state index in [0.717, 1.165) is 19.5 Å².